The number of carboxylic acids is 1. The molecule has 0 fully saturated rings. The molecule has 1 aliphatic carbocycles. The Kier molecular flexibility index (Phi) is 1.60. The third-order valence-electron chi connectivity index (χ3n) is 2.20. The van der Waals surface area contributed by atoms with Gasteiger partial charge in [0.05, 0.1) is 6.04 Å². The molecule has 0 amide bonds. The molecule has 0 aromatic heterocycles. The minimum absolute atomic E-state index is 0.134. The second-order valence-electron chi connectivity index (χ2n) is 2.96. The van der Waals surface area contributed by atoms with Gasteiger partial charge in [-0.3, -0.25) is 4.99 Å². The zero-order chi connectivity index (χ0) is 8.55. The highest BCUT2D eigenvalue weighted by Gasteiger charge is 2.30. The first-order valence-corrected chi connectivity index (χ1v) is 3.88. The number of hydrogen-bond acceptors (Lipinski definition) is 3. The van der Waals surface area contributed by atoms with Gasteiger partial charge in [-0.25, -0.2) is 4.79 Å². The molecule has 0 aromatic rings. The molecule has 1 aliphatic heterocycles. The standard InChI is InChI=1S/C8H9NO3/c10-8(11)5-1-2-6-7(3-5)12-4-9-6/h3-4,6-7H,1-2H2,(H,10,11). The topological polar surface area (TPSA) is 58.9 Å². The molecular weight excluding hydrogens is 158 g/mol. The molecule has 1 N–H and O–H groups in total. The smallest absolute Gasteiger partial charge is 0.331 e. The summed E-state index contributed by atoms with van der Waals surface area (Å²) < 4.78 is 5.11. The molecule has 0 spiro atoms. The van der Waals surface area contributed by atoms with E-state index < -0.39 is 5.97 Å². The Bertz CT molecular complexity index is 269. The summed E-state index contributed by atoms with van der Waals surface area (Å²) in [5, 5.41) is 8.69. The van der Waals surface area contributed by atoms with Crippen molar-refractivity contribution in [1.29, 1.82) is 0 Å². The third-order valence-corrected chi connectivity index (χ3v) is 2.20. The van der Waals surface area contributed by atoms with E-state index in [-0.39, 0.29) is 12.1 Å². The summed E-state index contributed by atoms with van der Waals surface area (Å²) >= 11 is 0. The summed E-state index contributed by atoms with van der Waals surface area (Å²) in [6.45, 7) is 0. The van der Waals surface area contributed by atoms with Gasteiger partial charge in [0.2, 0.25) is 0 Å². The van der Waals surface area contributed by atoms with E-state index in [0.717, 1.165) is 6.42 Å². The molecule has 2 rings (SSSR count). The molecule has 0 bridgehead atoms. The number of nitrogens with zero attached hydrogens (tertiary/aromatic N) is 1. The number of fused-ring (bicyclic) bond motifs is 1. The summed E-state index contributed by atoms with van der Waals surface area (Å²) in [7, 11) is 0. The normalized spacial score (nSPS) is 32.2. The van der Waals surface area contributed by atoms with Gasteiger partial charge in [-0.05, 0) is 18.9 Å². The van der Waals surface area contributed by atoms with E-state index in [1.807, 2.05) is 0 Å². The van der Waals surface area contributed by atoms with Crippen LogP contribution in [0.2, 0.25) is 0 Å². The number of carbonyl (C=O) groups is 1. The Morgan fingerprint density at radius 3 is 3.33 bits per heavy atom. The fourth-order valence-corrected chi connectivity index (χ4v) is 1.51. The largest absolute Gasteiger partial charge is 0.478 e. The Labute approximate surface area is 69.6 Å². The maximum atomic E-state index is 10.6. The summed E-state index contributed by atoms with van der Waals surface area (Å²) in [6.07, 6.45) is 4.31. The van der Waals surface area contributed by atoms with Gasteiger partial charge in [0, 0.05) is 5.57 Å². The Morgan fingerprint density at radius 2 is 2.58 bits per heavy atom. The lowest BCUT2D eigenvalue weighted by atomic mass is 9.94. The van der Waals surface area contributed by atoms with Gasteiger partial charge in [-0.1, -0.05) is 0 Å². The Morgan fingerprint density at radius 1 is 1.75 bits per heavy atom. The van der Waals surface area contributed by atoms with Crippen molar-refractivity contribution < 1.29 is 14.6 Å². The van der Waals surface area contributed by atoms with Crippen molar-refractivity contribution in [2.24, 2.45) is 4.99 Å². The summed E-state index contributed by atoms with van der Waals surface area (Å²) in [5.41, 5.74) is 0.446. The Balaban J connectivity index is 2.17. The lowest BCUT2D eigenvalue weighted by Crippen LogP contribution is -2.25. The molecule has 0 saturated heterocycles. The highest BCUT2D eigenvalue weighted by molar-refractivity contribution is 5.87. The predicted octanol–water partition coefficient (Wildman–Crippen LogP) is 0.587. The maximum absolute atomic E-state index is 10.6. The van der Waals surface area contributed by atoms with Crippen LogP contribution in [0, 0.1) is 0 Å². The van der Waals surface area contributed by atoms with E-state index >= 15 is 0 Å². The molecule has 4 heteroatoms. The van der Waals surface area contributed by atoms with Crippen LogP contribution >= 0.6 is 0 Å². The SMILES string of the molecule is O=C(O)C1=CC2OC=NC2CC1. The van der Waals surface area contributed by atoms with Gasteiger partial charge in [0.15, 0.2) is 6.40 Å². The molecule has 2 aliphatic rings. The zero-order valence-corrected chi connectivity index (χ0v) is 6.43. The monoisotopic (exact) mass is 167 g/mol. The van der Waals surface area contributed by atoms with Gasteiger partial charge in [-0.15, -0.1) is 0 Å². The average molecular weight is 167 g/mol. The minimum atomic E-state index is -0.844. The van der Waals surface area contributed by atoms with Crippen LogP contribution in [-0.2, 0) is 9.53 Å². The number of aliphatic imine (C=N–C) groups is 1. The molecule has 0 radical (unpaired) electrons. The highest BCUT2D eigenvalue weighted by Crippen LogP contribution is 2.25. The predicted molar refractivity (Wildman–Crippen MR) is 42.1 cm³/mol. The van der Waals surface area contributed by atoms with Crippen LogP contribution in [0.3, 0.4) is 0 Å². The fourth-order valence-electron chi connectivity index (χ4n) is 1.51. The van der Waals surface area contributed by atoms with E-state index in [1.165, 1.54) is 6.40 Å². The second-order valence-corrected chi connectivity index (χ2v) is 2.96. The lowest BCUT2D eigenvalue weighted by molar-refractivity contribution is -0.133. The van der Waals surface area contributed by atoms with Crippen molar-refractivity contribution in [3.63, 3.8) is 0 Å². The summed E-state index contributed by atoms with van der Waals surface area (Å²) in [6, 6.07) is 0.146. The maximum Gasteiger partial charge on any atom is 0.331 e. The van der Waals surface area contributed by atoms with Crippen LogP contribution in [-0.4, -0.2) is 29.6 Å². The molecule has 0 saturated carbocycles. The van der Waals surface area contributed by atoms with Gasteiger partial charge in [0.1, 0.15) is 6.10 Å². The molecule has 4 nitrogen and oxygen atoms in total. The number of carboxylic acid groups (broad SMARTS) is 1. The van der Waals surface area contributed by atoms with Crippen molar-refractivity contribution in [1.82, 2.24) is 0 Å². The average Bonchev–Trinajstić information content (AvgIpc) is 2.49. The van der Waals surface area contributed by atoms with Crippen molar-refractivity contribution in [3.05, 3.63) is 11.6 Å². The van der Waals surface area contributed by atoms with E-state index in [1.54, 1.807) is 6.08 Å². The van der Waals surface area contributed by atoms with E-state index in [2.05, 4.69) is 4.99 Å². The number of hydrogen-bond donors (Lipinski definition) is 1. The van der Waals surface area contributed by atoms with Crippen LogP contribution in [0.5, 0.6) is 0 Å². The molecule has 64 valence electrons. The molecule has 0 aromatic carbocycles. The first kappa shape index (κ1) is 7.34. The van der Waals surface area contributed by atoms with Crippen LogP contribution < -0.4 is 0 Å². The van der Waals surface area contributed by atoms with E-state index in [0.29, 0.717) is 12.0 Å². The fraction of sp³-hybridized carbons (Fsp3) is 0.500. The number of rotatable bonds is 1. The van der Waals surface area contributed by atoms with Gasteiger partial charge < -0.3 is 9.84 Å². The highest BCUT2D eigenvalue weighted by atomic mass is 16.5. The summed E-state index contributed by atoms with van der Waals surface area (Å²) in [4.78, 5) is 14.6. The minimum Gasteiger partial charge on any atom is -0.478 e. The van der Waals surface area contributed by atoms with Gasteiger partial charge in [0.25, 0.3) is 0 Å². The van der Waals surface area contributed by atoms with Crippen molar-refractivity contribution in [3.8, 4) is 0 Å². The number of ether oxygens (including phenoxy) is 1. The van der Waals surface area contributed by atoms with Crippen LogP contribution in [0.15, 0.2) is 16.6 Å². The summed E-state index contributed by atoms with van der Waals surface area (Å²) in [5.74, 6) is -0.844. The molecule has 2 unspecified atom stereocenters. The first-order chi connectivity index (χ1) is 5.77. The van der Waals surface area contributed by atoms with Crippen molar-refractivity contribution in [2.75, 3.05) is 0 Å². The molecule has 12 heavy (non-hydrogen) atoms. The Hall–Kier alpha value is -1.32. The third kappa shape index (κ3) is 1.09. The van der Waals surface area contributed by atoms with Crippen molar-refractivity contribution in [2.45, 2.75) is 25.0 Å². The molecule has 1 heterocycles. The van der Waals surface area contributed by atoms with Crippen LogP contribution in [0.4, 0.5) is 0 Å². The first-order valence-electron chi connectivity index (χ1n) is 3.88. The van der Waals surface area contributed by atoms with Gasteiger partial charge >= 0.3 is 5.97 Å². The van der Waals surface area contributed by atoms with Crippen LogP contribution in [0.1, 0.15) is 12.8 Å². The molecule has 2 atom stereocenters. The quantitative estimate of drug-likeness (QED) is 0.621. The van der Waals surface area contributed by atoms with Crippen molar-refractivity contribution >= 4 is 12.4 Å². The van der Waals surface area contributed by atoms with Gasteiger partial charge in [-0.2, -0.15) is 0 Å². The number of aliphatic carboxylic acids is 1. The van der Waals surface area contributed by atoms with Crippen LogP contribution in [0.25, 0.3) is 0 Å². The zero-order valence-electron chi connectivity index (χ0n) is 6.43. The van der Waals surface area contributed by atoms with E-state index in [9.17, 15) is 4.79 Å². The second kappa shape index (κ2) is 2.62. The van der Waals surface area contributed by atoms with E-state index in [4.69, 9.17) is 9.84 Å². The lowest BCUT2D eigenvalue weighted by Gasteiger charge is -2.19. The molecular formula is C8H9NO3.